The minimum absolute atomic E-state index is 0.263. The highest BCUT2D eigenvalue weighted by Crippen LogP contribution is 2.17. The molecule has 0 radical (unpaired) electrons. The van der Waals surface area contributed by atoms with Gasteiger partial charge in [-0.3, -0.25) is 9.78 Å². The van der Waals surface area contributed by atoms with Crippen LogP contribution in [0.5, 0.6) is 0 Å². The molecular formula is C19H19N5O. The second kappa shape index (κ2) is 7.53. The van der Waals surface area contributed by atoms with Crippen LogP contribution in [0.2, 0.25) is 0 Å². The number of nitrogens with one attached hydrogen (secondary N) is 2. The summed E-state index contributed by atoms with van der Waals surface area (Å²) >= 11 is 0. The summed E-state index contributed by atoms with van der Waals surface area (Å²) < 4.78 is 0. The first-order chi connectivity index (χ1) is 12.1. The van der Waals surface area contributed by atoms with Gasteiger partial charge in [0.2, 0.25) is 0 Å². The largest absolute Gasteiger partial charge is 0.366 e. The molecule has 126 valence electrons. The van der Waals surface area contributed by atoms with Crippen molar-refractivity contribution in [1.29, 1.82) is 0 Å². The number of aryl methyl sites for hydroxylation is 2. The Morgan fingerprint density at radius 1 is 1.12 bits per heavy atom. The van der Waals surface area contributed by atoms with E-state index in [-0.39, 0.29) is 5.91 Å². The third-order valence-electron chi connectivity index (χ3n) is 3.74. The number of hydrogen-bond donors (Lipinski definition) is 2. The topological polar surface area (TPSA) is 79.8 Å². The van der Waals surface area contributed by atoms with E-state index in [4.69, 9.17) is 0 Å². The Labute approximate surface area is 146 Å². The Hall–Kier alpha value is -3.28. The molecule has 2 heterocycles. The van der Waals surface area contributed by atoms with Crippen LogP contribution in [0.25, 0.3) is 0 Å². The molecule has 0 aliphatic rings. The van der Waals surface area contributed by atoms with Crippen molar-refractivity contribution in [3.63, 3.8) is 0 Å². The number of carbonyl (C=O) groups excluding carboxylic acids is 1. The maximum absolute atomic E-state index is 12.5. The van der Waals surface area contributed by atoms with E-state index >= 15 is 0 Å². The van der Waals surface area contributed by atoms with E-state index in [9.17, 15) is 4.79 Å². The van der Waals surface area contributed by atoms with Crippen molar-refractivity contribution in [2.45, 2.75) is 20.4 Å². The van der Waals surface area contributed by atoms with Gasteiger partial charge in [-0.2, -0.15) is 0 Å². The van der Waals surface area contributed by atoms with E-state index in [1.54, 1.807) is 18.5 Å². The minimum atomic E-state index is -0.263. The number of carbonyl (C=O) groups is 1. The monoisotopic (exact) mass is 333 g/mol. The van der Waals surface area contributed by atoms with Gasteiger partial charge in [0.25, 0.3) is 5.91 Å². The molecule has 2 N–H and O–H groups in total. The van der Waals surface area contributed by atoms with Gasteiger partial charge in [0.15, 0.2) is 0 Å². The van der Waals surface area contributed by atoms with E-state index in [2.05, 4.69) is 25.6 Å². The molecule has 2 aromatic heterocycles. The number of nitrogens with zero attached hydrogens (tertiary/aromatic N) is 3. The molecule has 1 aromatic carbocycles. The molecule has 0 aliphatic carbocycles. The van der Waals surface area contributed by atoms with Crippen molar-refractivity contribution in [2.75, 3.05) is 10.6 Å². The van der Waals surface area contributed by atoms with Crippen molar-refractivity contribution >= 4 is 17.4 Å². The van der Waals surface area contributed by atoms with Gasteiger partial charge in [-0.05, 0) is 42.7 Å². The predicted molar refractivity (Wildman–Crippen MR) is 97.5 cm³/mol. The van der Waals surface area contributed by atoms with Crippen LogP contribution in [-0.4, -0.2) is 20.9 Å². The number of pyridine rings is 1. The van der Waals surface area contributed by atoms with Crippen molar-refractivity contribution < 1.29 is 4.79 Å². The molecule has 3 aromatic rings. The van der Waals surface area contributed by atoms with Gasteiger partial charge in [-0.25, -0.2) is 9.97 Å². The fourth-order valence-electron chi connectivity index (χ4n) is 2.33. The standard InChI is InChI=1S/C19H19N5O/c1-13-5-6-14(2)16(8-13)24-19(25)17-9-18(23-12-22-17)21-11-15-4-3-7-20-10-15/h3-10,12H,11H2,1-2H3,(H,24,25)(H,21,22,23). The summed E-state index contributed by atoms with van der Waals surface area (Å²) in [4.78, 5) is 24.8. The number of aromatic nitrogens is 3. The summed E-state index contributed by atoms with van der Waals surface area (Å²) in [7, 11) is 0. The lowest BCUT2D eigenvalue weighted by molar-refractivity contribution is 0.102. The van der Waals surface area contributed by atoms with Crippen LogP contribution in [0.4, 0.5) is 11.5 Å². The zero-order valence-electron chi connectivity index (χ0n) is 14.2. The lowest BCUT2D eigenvalue weighted by atomic mass is 10.1. The summed E-state index contributed by atoms with van der Waals surface area (Å²) in [6.07, 6.45) is 4.88. The van der Waals surface area contributed by atoms with Gasteiger partial charge < -0.3 is 10.6 Å². The van der Waals surface area contributed by atoms with Crippen LogP contribution in [0, 0.1) is 13.8 Å². The van der Waals surface area contributed by atoms with Gasteiger partial charge in [0.1, 0.15) is 17.8 Å². The number of amides is 1. The number of anilines is 2. The molecule has 0 saturated carbocycles. The first-order valence-corrected chi connectivity index (χ1v) is 7.95. The van der Waals surface area contributed by atoms with Crippen LogP contribution in [-0.2, 0) is 6.54 Å². The van der Waals surface area contributed by atoms with E-state index in [0.29, 0.717) is 18.1 Å². The Balaban J connectivity index is 1.70. The average Bonchev–Trinajstić information content (AvgIpc) is 2.64. The summed E-state index contributed by atoms with van der Waals surface area (Å²) in [5.41, 5.74) is 4.21. The minimum Gasteiger partial charge on any atom is -0.366 e. The van der Waals surface area contributed by atoms with Crippen LogP contribution in [0.1, 0.15) is 27.2 Å². The second-order valence-electron chi connectivity index (χ2n) is 5.78. The number of rotatable bonds is 5. The molecular weight excluding hydrogens is 314 g/mol. The third kappa shape index (κ3) is 4.38. The summed E-state index contributed by atoms with van der Waals surface area (Å²) in [5, 5.41) is 6.07. The smallest absolute Gasteiger partial charge is 0.274 e. The Morgan fingerprint density at radius 3 is 2.80 bits per heavy atom. The van der Waals surface area contributed by atoms with Crippen LogP contribution >= 0.6 is 0 Å². The summed E-state index contributed by atoms with van der Waals surface area (Å²) in [5.74, 6) is 0.325. The van der Waals surface area contributed by atoms with E-state index in [0.717, 1.165) is 22.4 Å². The lowest BCUT2D eigenvalue weighted by Gasteiger charge is -2.10. The van der Waals surface area contributed by atoms with Crippen molar-refractivity contribution in [3.05, 3.63) is 77.5 Å². The van der Waals surface area contributed by atoms with Crippen LogP contribution in [0.15, 0.2) is 55.1 Å². The molecule has 6 heteroatoms. The molecule has 0 unspecified atom stereocenters. The van der Waals surface area contributed by atoms with Crippen molar-refractivity contribution in [2.24, 2.45) is 0 Å². The maximum atomic E-state index is 12.5. The van der Waals surface area contributed by atoms with Gasteiger partial charge in [-0.1, -0.05) is 18.2 Å². The average molecular weight is 333 g/mol. The maximum Gasteiger partial charge on any atom is 0.274 e. The molecule has 3 rings (SSSR count). The molecule has 6 nitrogen and oxygen atoms in total. The normalized spacial score (nSPS) is 10.3. The van der Waals surface area contributed by atoms with Gasteiger partial charge >= 0.3 is 0 Å². The molecule has 0 saturated heterocycles. The first kappa shape index (κ1) is 16.6. The predicted octanol–water partition coefficient (Wildman–Crippen LogP) is 3.35. The van der Waals surface area contributed by atoms with Gasteiger partial charge in [0.05, 0.1) is 0 Å². The summed E-state index contributed by atoms with van der Waals surface area (Å²) in [6.45, 7) is 4.51. The second-order valence-corrected chi connectivity index (χ2v) is 5.78. The van der Waals surface area contributed by atoms with Crippen LogP contribution in [0.3, 0.4) is 0 Å². The number of hydrogen-bond acceptors (Lipinski definition) is 5. The Kier molecular flexibility index (Phi) is 4.99. The quantitative estimate of drug-likeness (QED) is 0.748. The zero-order valence-corrected chi connectivity index (χ0v) is 14.2. The van der Waals surface area contributed by atoms with Crippen molar-refractivity contribution in [1.82, 2.24) is 15.0 Å². The fraction of sp³-hybridized carbons (Fsp3) is 0.158. The van der Waals surface area contributed by atoms with Gasteiger partial charge in [0, 0.05) is 30.7 Å². The van der Waals surface area contributed by atoms with E-state index in [1.165, 1.54) is 6.33 Å². The molecule has 0 aliphatic heterocycles. The first-order valence-electron chi connectivity index (χ1n) is 7.95. The molecule has 25 heavy (non-hydrogen) atoms. The van der Waals surface area contributed by atoms with Crippen molar-refractivity contribution in [3.8, 4) is 0 Å². The molecule has 1 amide bonds. The summed E-state index contributed by atoms with van der Waals surface area (Å²) in [6, 6.07) is 11.4. The van der Waals surface area contributed by atoms with E-state index < -0.39 is 0 Å². The zero-order chi connectivity index (χ0) is 17.6. The highest BCUT2D eigenvalue weighted by molar-refractivity contribution is 6.03. The SMILES string of the molecule is Cc1ccc(C)c(NC(=O)c2cc(NCc3cccnc3)ncn2)c1. The third-order valence-corrected chi connectivity index (χ3v) is 3.74. The van der Waals surface area contributed by atoms with Gasteiger partial charge in [-0.15, -0.1) is 0 Å². The Bertz CT molecular complexity index is 880. The Morgan fingerprint density at radius 2 is 2.00 bits per heavy atom. The lowest BCUT2D eigenvalue weighted by Crippen LogP contribution is -2.15. The molecule has 0 spiro atoms. The highest BCUT2D eigenvalue weighted by atomic mass is 16.1. The van der Waals surface area contributed by atoms with E-state index in [1.807, 2.05) is 44.2 Å². The highest BCUT2D eigenvalue weighted by Gasteiger charge is 2.10. The molecule has 0 fully saturated rings. The molecule has 0 atom stereocenters. The fourth-order valence-corrected chi connectivity index (χ4v) is 2.33. The molecule has 0 bridgehead atoms. The number of benzene rings is 1. The van der Waals surface area contributed by atoms with Crippen LogP contribution < -0.4 is 10.6 Å².